The van der Waals surface area contributed by atoms with Crippen LogP contribution in [0.4, 0.5) is 14.6 Å². The zero-order chi connectivity index (χ0) is 25.8. The van der Waals surface area contributed by atoms with Crippen LogP contribution in [-0.4, -0.2) is 53.7 Å². The molecule has 7 heteroatoms. The smallest absolute Gasteiger partial charge is 0.222 e. The van der Waals surface area contributed by atoms with Gasteiger partial charge in [-0.15, -0.1) is 0 Å². The van der Waals surface area contributed by atoms with Crippen molar-refractivity contribution in [1.82, 2.24) is 9.88 Å². The first-order valence-electron chi connectivity index (χ1n) is 12.7. The zero-order valence-corrected chi connectivity index (χ0v) is 20.9. The van der Waals surface area contributed by atoms with Crippen LogP contribution < -0.4 is 4.90 Å². The third-order valence-corrected chi connectivity index (χ3v) is 6.99. The Morgan fingerprint density at radius 2 is 1.57 bits per heavy atom. The lowest BCUT2D eigenvalue weighted by Crippen LogP contribution is -2.49. The Hall–Kier alpha value is -3.87. The van der Waals surface area contributed by atoms with E-state index in [-0.39, 0.29) is 23.6 Å². The third-order valence-electron chi connectivity index (χ3n) is 6.99. The van der Waals surface area contributed by atoms with Crippen molar-refractivity contribution in [3.63, 3.8) is 0 Å². The number of nitrogens with zero attached hydrogens (tertiary/aromatic N) is 4. The van der Waals surface area contributed by atoms with E-state index in [2.05, 4.69) is 22.9 Å². The van der Waals surface area contributed by atoms with Gasteiger partial charge in [0.05, 0.1) is 11.8 Å². The van der Waals surface area contributed by atoms with Gasteiger partial charge >= 0.3 is 0 Å². The maximum absolute atomic E-state index is 13.5. The SMILES string of the molecule is Cc1ccnc(N2CCN(C(=O)CCCC3N=C(c4ccc(F)cc4)C=C3c3ccc(F)cc3)CC2)c1. The molecular weight excluding hydrogens is 470 g/mol. The fraction of sp³-hybridized carbons (Fsp3) is 0.300. The highest BCUT2D eigenvalue weighted by Crippen LogP contribution is 2.31. The number of piperazine rings is 1. The van der Waals surface area contributed by atoms with Gasteiger partial charge in [0.15, 0.2) is 0 Å². The molecular formula is C30H30F2N4O. The van der Waals surface area contributed by atoms with E-state index in [0.29, 0.717) is 32.4 Å². The first kappa shape index (κ1) is 24.8. The molecule has 2 aliphatic rings. The number of carbonyl (C=O) groups excluding carboxylic acids is 1. The second kappa shape index (κ2) is 11.0. The first-order chi connectivity index (χ1) is 18.0. The number of pyridine rings is 1. The van der Waals surface area contributed by atoms with Gasteiger partial charge in [0.1, 0.15) is 17.5 Å². The Labute approximate surface area is 216 Å². The van der Waals surface area contributed by atoms with E-state index in [0.717, 1.165) is 41.3 Å². The Balaban J connectivity index is 1.20. The minimum atomic E-state index is -0.295. The van der Waals surface area contributed by atoms with Crippen LogP contribution in [0.5, 0.6) is 0 Å². The number of amides is 1. The number of halogens is 2. The highest BCUT2D eigenvalue weighted by Gasteiger charge is 2.25. The topological polar surface area (TPSA) is 48.8 Å². The monoisotopic (exact) mass is 500 g/mol. The molecule has 0 N–H and O–H groups in total. The van der Waals surface area contributed by atoms with Crippen molar-refractivity contribution in [2.45, 2.75) is 32.2 Å². The quantitative estimate of drug-likeness (QED) is 0.434. The lowest BCUT2D eigenvalue weighted by atomic mass is 9.95. The van der Waals surface area contributed by atoms with Crippen LogP contribution >= 0.6 is 0 Å². The molecule has 0 bridgehead atoms. The molecule has 3 aromatic rings. The predicted octanol–water partition coefficient (Wildman–Crippen LogP) is 5.44. The van der Waals surface area contributed by atoms with E-state index < -0.39 is 0 Å². The highest BCUT2D eigenvalue weighted by atomic mass is 19.1. The van der Waals surface area contributed by atoms with Crippen LogP contribution in [0.1, 0.15) is 36.0 Å². The van der Waals surface area contributed by atoms with Crippen LogP contribution in [0.25, 0.3) is 5.57 Å². The second-order valence-electron chi connectivity index (χ2n) is 9.60. The second-order valence-corrected chi connectivity index (χ2v) is 9.60. The zero-order valence-electron chi connectivity index (χ0n) is 20.9. The number of rotatable bonds is 7. The summed E-state index contributed by atoms with van der Waals surface area (Å²) in [6, 6.07) is 16.6. The van der Waals surface area contributed by atoms with E-state index in [1.54, 1.807) is 24.3 Å². The minimum Gasteiger partial charge on any atom is -0.353 e. The van der Waals surface area contributed by atoms with Crippen LogP contribution in [0.3, 0.4) is 0 Å². The largest absolute Gasteiger partial charge is 0.353 e. The van der Waals surface area contributed by atoms with Gasteiger partial charge in [-0.1, -0.05) is 12.1 Å². The number of carbonyl (C=O) groups is 1. The maximum atomic E-state index is 13.5. The number of anilines is 1. The average Bonchev–Trinajstić information content (AvgIpc) is 3.33. The average molecular weight is 501 g/mol. The molecule has 5 rings (SSSR count). The number of aryl methyl sites for hydroxylation is 1. The fourth-order valence-corrected chi connectivity index (χ4v) is 4.92. The molecule has 1 unspecified atom stereocenters. The van der Waals surface area contributed by atoms with Crippen molar-refractivity contribution >= 4 is 23.0 Å². The van der Waals surface area contributed by atoms with Crippen molar-refractivity contribution in [2.75, 3.05) is 31.1 Å². The molecule has 3 heterocycles. The molecule has 190 valence electrons. The van der Waals surface area contributed by atoms with E-state index in [1.165, 1.54) is 29.8 Å². The van der Waals surface area contributed by atoms with Gasteiger partial charge in [0, 0.05) is 38.8 Å². The normalized spacial score (nSPS) is 17.5. The summed E-state index contributed by atoms with van der Waals surface area (Å²) in [6.45, 7) is 4.97. The standard InChI is InChI=1S/C30H30F2N4O/c1-21-13-14-33-29(19-21)35-15-17-36(18-16-35)30(37)4-2-3-27-26(22-5-9-24(31)10-6-22)20-28(34-27)23-7-11-25(32)12-8-23/h5-14,19-20,27H,2-4,15-18H2,1H3. The molecule has 0 aliphatic carbocycles. The van der Waals surface area contributed by atoms with Gasteiger partial charge in [0.2, 0.25) is 5.91 Å². The fourth-order valence-electron chi connectivity index (χ4n) is 4.92. The van der Waals surface area contributed by atoms with Crippen LogP contribution in [0.15, 0.2) is 77.9 Å². The third kappa shape index (κ3) is 5.93. The molecule has 1 atom stereocenters. The first-order valence-corrected chi connectivity index (χ1v) is 12.7. The molecule has 1 aromatic heterocycles. The Morgan fingerprint density at radius 3 is 2.22 bits per heavy atom. The van der Waals surface area contributed by atoms with Gasteiger partial charge in [-0.2, -0.15) is 0 Å². The molecule has 1 amide bonds. The van der Waals surface area contributed by atoms with Crippen molar-refractivity contribution < 1.29 is 13.6 Å². The van der Waals surface area contributed by atoms with Crippen LogP contribution in [0.2, 0.25) is 0 Å². The van der Waals surface area contributed by atoms with E-state index >= 15 is 0 Å². The summed E-state index contributed by atoms with van der Waals surface area (Å²) in [7, 11) is 0. The number of aromatic nitrogens is 1. The van der Waals surface area contributed by atoms with Gasteiger partial charge in [0.25, 0.3) is 0 Å². The summed E-state index contributed by atoms with van der Waals surface area (Å²) >= 11 is 0. The number of aliphatic imine (C=N–C) groups is 1. The van der Waals surface area contributed by atoms with E-state index in [1.807, 2.05) is 23.2 Å². The molecule has 1 saturated heterocycles. The van der Waals surface area contributed by atoms with Gasteiger partial charge in [-0.3, -0.25) is 9.79 Å². The molecule has 2 aromatic carbocycles. The molecule has 2 aliphatic heterocycles. The Kier molecular flexibility index (Phi) is 7.40. The summed E-state index contributed by atoms with van der Waals surface area (Å²) in [5.41, 5.74) is 4.68. The number of allylic oxidation sites excluding steroid dienone is 1. The summed E-state index contributed by atoms with van der Waals surface area (Å²) in [5, 5.41) is 0. The predicted molar refractivity (Wildman–Crippen MR) is 143 cm³/mol. The van der Waals surface area contributed by atoms with Crippen LogP contribution in [-0.2, 0) is 4.79 Å². The van der Waals surface area contributed by atoms with Crippen molar-refractivity contribution in [3.05, 3.63) is 101 Å². The maximum Gasteiger partial charge on any atom is 0.222 e. The van der Waals surface area contributed by atoms with E-state index in [4.69, 9.17) is 4.99 Å². The summed E-state index contributed by atoms with van der Waals surface area (Å²) in [5.74, 6) is 0.534. The highest BCUT2D eigenvalue weighted by molar-refractivity contribution is 6.15. The number of benzene rings is 2. The molecule has 0 saturated carbocycles. The van der Waals surface area contributed by atoms with Gasteiger partial charge in [-0.05, 0) is 96.6 Å². The minimum absolute atomic E-state index is 0.137. The Bertz CT molecular complexity index is 1310. The van der Waals surface area contributed by atoms with Crippen molar-refractivity contribution in [2.24, 2.45) is 4.99 Å². The summed E-state index contributed by atoms with van der Waals surface area (Å²) in [4.78, 5) is 26.5. The number of hydrogen-bond donors (Lipinski definition) is 0. The van der Waals surface area contributed by atoms with Crippen LogP contribution in [0, 0.1) is 18.6 Å². The van der Waals surface area contributed by atoms with Crippen molar-refractivity contribution in [3.8, 4) is 0 Å². The number of hydrogen-bond acceptors (Lipinski definition) is 4. The molecule has 37 heavy (non-hydrogen) atoms. The molecule has 5 nitrogen and oxygen atoms in total. The Morgan fingerprint density at radius 1 is 0.919 bits per heavy atom. The summed E-state index contributed by atoms with van der Waals surface area (Å²) in [6.07, 6.45) is 5.67. The van der Waals surface area contributed by atoms with Crippen molar-refractivity contribution in [1.29, 1.82) is 0 Å². The molecule has 0 spiro atoms. The molecule has 1 fully saturated rings. The van der Waals surface area contributed by atoms with Gasteiger partial charge in [-0.25, -0.2) is 13.8 Å². The summed E-state index contributed by atoms with van der Waals surface area (Å²) < 4.78 is 26.9. The molecule has 0 radical (unpaired) electrons. The lowest BCUT2D eigenvalue weighted by molar-refractivity contribution is -0.131. The van der Waals surface area contributed by atoms with Gasteiger partial charge < -0.3 is 9.80 Å². The van der Waals surface area contributed by atoms with E-state index in [9.17, 15) is 13.6 Å². The lowest BCUT2D eigenvalue weighted by Gasteiger charge is -2.35.